The largest absolute Gasteiger partial charge is 0.444 e. The second-order valence-corrected chi connectivity index (χ2v) is 11.0. The van der Waals surface area contributed by atoms with E-state index in [0.29, 0.717) is 6.54 Å². The van der Waals surface area contributed by atoms with Gasteiger partial charge in [-0.2, -0.15) is 13.2 Å². The van der Waals surface area contributed by atoms with Crippen LogP contribution in [0.5, 0.6) is 0 Å². The van der Waals surface area contributed by atoms with Gasteiger partial charge in [0.25, 0.3) is 0 Å². The Hall–Kier alpha value is -4.86. The van der Waals surface area contributed by atoms with Gasteiger partial charge in [0.1, 0.15) is 5.60 Å². The molecule has 4 rings (SSSR count). The Morgan fingerprint density at radius 1 is 0.814 bits per heavy atom. The highest BCUT2D eigenvalue weighted by Gasteiger charge is 2.30. The summed E-state index contributed by atoms with van der Waals surface area (Å²) in [4.78, 5) is 30.9. The maximum Gasteiger partial charge on any atom is 0.416 e. The molecule has 43 heavy (non-hydrogen) atoms. The third-order valence-electron chi connectivity index (χ3n) is 6.27. The molecule has 1 aromatic heterocycles. The summed E-state index contributed by atoms with van der Waals surface area (Å²) in [5.41, 5.74) is 3.38. The second kappa shape index (κ2) is 13.4. The number of rotatable bonds is 8. The summed E-state index contributed by atoms with van der Waals surface area (Å²) in [5.74, 6) is 0. The zero-order chi connectivity index (χ0) is 31.0. The van der Waals surface area contributed by atoms with Crippen LogP contribution in [0.1, 0.15) is 43.0 Å². The van der Waals surface area contributed by atoms with Crippen molar-refractivity contribution in [2.75, 3.05) is 5.32 Å². The number of nitrogens with zero attached hydrogens (tertiary/aromatic N) is 2. The van der Waals surface area contributed by atoms with E-state index in [-0.39, 0.29) is 18.8 Å². The fraction of sp³-hybridized carbons (Fsp3) is 0.242. The Labute approximate surface area is 248 Å². The third-order valence-corrected chi connectivity index (χ3v) is 6.27. The number of alkyl halides is 3. The van der Waals surface area contributed by atoms with E-state index < -0.39 is 29.5 Å². The van der Waals surface area contributed by atoms with Crippen molar-refractivity contribution < 1.29 is 27.5 Å². The highest BCUT2D eigenvalue weighted by Crippen LogP contribution is 2.30. The summed E-state index contributed by atoms with van der Waals surface area (Å²) in [6.07, 6.45) is -1.65. The van der Waals surface area contributed by atoms with Gasteiger partial charge in [0, 0.05) is 37.7 Å². The molecule has 4 aromatic rings. The fourth-order valence-corrected chi connectivity index (χ4v) is 4.23. The normalized spacial score (nSPS) is 11.5. The molecule has 2 N–H and O–H groups in total. The van der Waals surface area contributed by atoms with E-state index >= 15 is 0 Å². The zero-order valence-corrected chi connectivity index (χ0v) is 24.1. The van der Waals surface area contributed by atoms with Gasteiger partial charge in [-0.15, -0.1) is 0 Å². The van der Waals surface area contributed by atoms with Crippen molar-refractivity contribution in [1.29, 1.82) is 0 Å². The summed E-state index contributed by atoms with van der Waals surface area (Å²) >= 11 is 0. The Bertz CT molecular complexity index is 1520. The molecular formula is C33H33F3N4O3. The first-order valence-electron chi connectivity index (χ1n) is 13.6. The molecule has 0 saturated heterocycles. The number of halogens is 3. The molecule has 10 heteroatoms. The van der Waals surface area contributed by atoms with Gasteiger partial charge in [-0.25, -0.2) is 9.59 Å². The number of hydrogen-bond donors (Lipinski definition) is 2. The van der Waals surface area contributed by atoms with Gasteiger partial charge in [0.05, 0.1) is 5.56 Å². The Morgan fingerprint density at radius 3 is 2.12 bits per heavy atom. The number of carbonyl (C=O) groups excluding carboxylic acids is 2. The Balaban J connectivity index is 1.45. The van der Waals surface area contributed by atoms with Crippen molar-refractivity contribution in [3.63, 3.8) is 0 Å². The molecule has 0 aliphatic carbocycles. The number of pyridine rings is 1. The number of alkyl carbamates (subject to hydrolysis) is 1. The van der Waals surface area contributed by atoms with Crippen LogP contribution >= 0.6 is 0 Å². The SMILES string of the molecule is CC(C)(C)OC(=O)NCc1cccc(-c2ccc(CN(Cc3cccnc3)C(=O)Nc3ccc(C(F)(F)F)cc3)cc2)c1. The zero-order valence-electron chi connectivity index (χ0n) is 24.1. The average molecular weight is 591 g/mol. The summed E-state index contributed by atoms with van der Waals surface area (Å²) in [7, 11) is 0. The molecule has 224 valence electrons. The number of urea groups is 1. The van der Waals surface area contributed by atoms with E-state index in [4.69, 9.17) is 4.74 Å². The number of ether oxygens (including phenoxy) is 1. The van der Waals surface area contributed by atoms with Crippen LogP contribution in [-0.4, -0.2) is 27.6 Å². The minimum absolute atomic E-state index is 0.245. The van der Waals surface area contributed by atoms with Crippen LogP contribution in [0.2, 0.25) is 0 Å². The van der Waals surface area contributed by atoms with Crippen LogP contribution in [0.3, 0.4) is 0 Å². The highest BCUT2D eigenvalue weighted by molar-refractivity contribution is 5.89. The molecule has 0 spiro atoms. The van der Waals surface area contributed by atoms with Crippen LogP contribution in [0.15, 0.2) is 97.3 Å². The maximum atomic E-state index is 13.2. The Morgan fingerprint density at radius 2 is 1.49 bits per heavy atom. The van der Waals surface area contributed by atoms with Gasteiger partial charge in [0.15, 0.2) is 0 Å². The van der Waals surface area contributed by atoms with Crippen LogP contribution in [0.25, 0.3) is 11.1 Å². The lowest BCUT2D eigenvalue weighted by Crippen LogP contribution is -2.34. The van der Waals surface area contributed by atoms with Gasteiger partial charge in [-0.05, 0) is 85.0 Å². The number of anilines is 1. The van der Waals surface area contributed by atoms with E-state index in [9.17, 15) is 22.8 Å². The predicted octanol–water partition coefficient (Wildman–Crippen LogP) is 8.03. The molecule has 3 amide bonds. The highest BCUT2D eigenvalue weighted by atomic mass is 19.4. The second-order valence-electron chi connectivity index (χ2n) is 11.0. The van der Waals surface area contributed by atoms with Crippen LogP contribution in [0, 0.1) is 0 Å². The third kappa shape index (κ3) is 9.59. The first-order chi connectivity index (χ1) is 20.4. The number of benzene rings is 3. The molecule has 3 aromatic carbocycles. The number of nitrogens with one attached hydrogen (secondary N) is 2. The van der Waals surface area contributed by atoms with Crippen molar-refractivity contribution in [2.24, 2.45) is 0 Å². The van der Waals surface area contributed by atoms with Gasteiger partial charge >= 0.3 is 18.3 Å². The lowest BCUT2D eigenvalue weighted by Gasteiger charge is -2.23. The molecule has 0 radical (unpaired) electrons. The van der Waals surface area contributed by atoms with Crippen LogP contribution < -0.4 is 10.6 Å². The minimum Gasteiger partial charge on any atom is -0.444 e. The lowest BCUT2D eigenvalue weighted by molar-refractivity contribution is -0.137. The van der Waals surface area contributed by atoms with Crippen molar-refractivity contribution in [3.8, 4) is 11.1 Å². The monoisotopic (exact) mass is 590 g/mol. The average Bonchev–Trinajstić information content (AvgIpc) is 2.96. The summed E-state index contributed by atoms with van der Waals surface area (Å²) in [6, 6.07) is 23.0. The molecular weight excluding hydrogens is 557 g/mol. The van der Waals surface area contributed by atoms with Gasteiger partial charge < -0.3 is 20.3 Å². The van der Waals surface area contributed by atoms with Crippen molar-refractivity contribution >= 4 is 17.8 Å². The summed E-state index contributed by atoms with van der Waals surface area (Å²) < 4.78 is 44.1. The molecule has 0 aliphatic rings. The summed E-state index contributed by atoms with van der Waals surface area (Å²) in [6.45, 7) is 6.23. The number of hydrogen-bond acceptors (Lipinski definition) is 4. The Kier molecular flexibility index (Phi) is 9.70. The molecule has 0 unspecified atom stereocenters. The molecule has 7 nitrogen and oxygen atoms in total. The molecule has 0 fully saturated rings. The van der Waals surface area contributed by atoms with Crippen LogP contribution in [-0.2, 0) is 30.5 Å². The summed E-state index contributed by atoms with van der Waals surface area (Å²) in [5, 5.41) is 5.46. The molecule has 0 bridgehead atoms. The van der Waals surface area contributed by atoms with Crippen molar-refractivity contribution in [3.05, 3.63) is 120 Å². The predicted molar refractivity (Wildman–Crippen MR) is 159 cm³/mol. The van der Waals surface area contributed by atoms with Crippen molar-refractivity contribution in [2.45, 2.75) is 52.2 Å². The van der Waals surface area contributed by atoms with E-state index in [0.717, 1.165) is 39.9 Å². The molecule has 0 aliphatic heterocycles. The first kappa shape index (κ1) is 31.1. The minimum atomic E-state index is -4.46. The number of amides is 3. The van der Waals surface area contributed by atoms with E-state index in [1.807, 2.05) is 54.6 Å². The van der Waals surface area contributed by atoms with Crippen molar-refractivity contribution in [1.82, 2.24) is 15.2 Å². The topological polar surface area (TPSA) is 83.6 Å². The molecule has 0 atom stereocenters. The number of aromatic nitrogens is 1. The van der Waals surface area contributed by atoms with Crippen LogP contribution in [0.4, 0.5) is 28.4 Å². The quantitative estimate of drug-likeness (QED) is 0.218. The fourth-order valence-electron chi connectivity index (χ4n) is 4.23. The standard InChI is InChI=1S/C33H33F3N4O3/c1-32(2,3)43-31(42)38-20-24-6-4-8-27(18-24)26-11-9-23(10-12-26)21-40(22-25-7-5-17-37-19-25)30(41)39-29-15-13-28(14-16-29)33(34,35)36/h4-19H,20-22H2,1-3H3,(H,38,42)(H,39,41). The lowest BCUT2D eigenvalue weighted by atomic mass is 10.0. The van der Waals surface area contributed by atoms with E-state index in [2.05, 4.69) is 15.6 Å². The van der Waals surface area contributed by atoms with E-state index in [1.54, 1.807) is 44.1 Å². The molecule has 0 saturated carbocycles. The van der Waals surface area contributed by atoms with Gasteiger partial charge in [-0.1, -0.05) is 48.5 Å². The first-order valence-corrected chi connectivity index (χ1v) is 13.6. The smallest absolute Gasteiger partial charge is 0.416 e. The van der Waals surface area contributed by atoms with E-state index in [1.165, 1.54) is 12.1 Å². The van der Waals surface area contributed by atoms with Gasteiger partial charge in [-0.3, -0.25) is 4.98 Å². The van der Waals surface area contributed by atoms with Gasteiger partial charge in [0.2, 0.25) is 0 Å². The number of carbonyl (C=O) groups is 2. The maximum absolute atomic E-state index is 13.2. The molecule has 1 heterocycles.